The number of rotatable bonds is 6. The molecule has 3 rings (SSSR count). The highest BCUT2D eigenvalue weighted by atomic mass is 16.2. The van der Waals surface area contributed by atoms with Gasteiger partial charge >= 0.3 is 0 Å². The zero-order valence-electron chi connectivity index (χ0n) is 16.5. The number of aromatic nitrogens is 2. The minimum atomic E-state index is -0.00202. The van der Waals surface area contributed by atoms with Crippen molar-refractivity contribution >= 4 is 11.9 Å². The highest BCUT2D eigenvalue weighted by Gasteiger charge is 2.23. The van der Waals surface area contributed by atoms with Gasteiger partial charge in [-0.2, -0.15) is 0 Å². The molecule has 1 saturated heterocycles. The average Bonchev–Trinajstić information content (AvgIpc) is 2.72. The summed E-state index contributed by atoms with van der Waals surface area (Å²) in [5, 5.41) is 0. The van der Waals surface area contributed by atoms with Gasteiger partial charge in [0, 0.05) is 45.0 Å². The van der Waals surface area contributed by atoms with Crippen molar-refractivity contribution in [1.82, 2.24) is 19.8 Å². The van der Waals surface area contributed by atoms with Crippen molar-refractivity contribution in [2.24, 2.45) is 0 Å². The molecule has 1 aliphatic rings. The molecule has 2 aromatic rings. The fourth-order valence-electron chi connectivity index (χ4n) is 3.30. The summed E-state index contributed by atoms with van der Waals surface area (Å²) in [6, 6.07) is 12.2. The molecule has 0 bridgehead atoms. The van der Waals surface area contributed by atoms with Gasteiger partial charge in [0.2, 0.25) is 5.95 Å². The Balaban J connectivity index is 1.76. The Hall–Kier alpha value is -2.47. The maximum Gasteiger partial charge on any atom is 0.272 e. The lowest BCUT2D eigenvalue weighted by Crippen LogP contribution is -2.48. The van der Waals surface area contributed by atoms with Crippen LogP contribution < -0.4 is 4.90 Å². The number of piperazine rings is 1. The van der Waals surface area contributed by atoms with Crippen LogP contribution in [0.25, 0.3) is 0 Å². The van der Waals surface area contributed by atoms with Crippen molar-refractivity contribution in [2.45, 2.75) is 33.4 Å². The van der Waals surface area contributed by atoms with Crippen molar-refractivity contribution in [3.63, 3.8) is 0 Å². The van der Waals surface area contributed by atoms with Crippen LogP contribution in [-0.2, 0) is 6.54 Å². The van der Waals surface area contributed by atoms with Crippen molar-refractivity contribution in [2.75, 3.05) is 37.6 Å². The maximum atomic E-state index is 12.9. The molecule has 0 unspecified atom stereocenters. The molecule has 0 aliphatic carbocycles. The summed E-state index contributed by atoms with van der Waals surface area (Å²) in [6.07, 6.45) is 1.69. The molecule has 0 atom stereocenters. The first kappa shape index (κ1) is 19.3. The Labute approximate surface area is 161 Å². The predicted octanol–water partition coefficient (Wildman–Crippen LogP) is 2.67. The van der Waals surface area contributed by atoms with Crippen molar-refractivity contribution in [1.29, 1.82) is 0 Å². The Morgan fingerprint density at radius 1 is 1.11 bits per heavy atom. The molecule has 6 heteroatoms. The number of likely N-dealkylation sites (N-methyl/N-ethyl adjacent to an activating group) is 1. The van der Waals surface area contributed by atoms with Gasteiger partial charge in [0.05, 0.1) is 0 Å². The van der Waals surface area contributed by atoms with E-state index in [0.717, 1.165) is 32.7 Å². The maximum absolute atomic E-state index is 12.9. The summed E-state index contributed by atoms with van der Waals surface area (Å²) in [5.74, 6) is 0.602. The Morgan fingerprint density at radius 3 is 2.44 bits per heavy atom. The van der Waals surface area contributed by atoms with Gasteiger partial charge in [0.15, 0.2) is 0 Å². The van der Waals surface area contributed by atoms with Crippen LogP contribution in [0.4, 0.5) is 5.95 Å². The largest absolute Gasteiger partial charge is 0.335 e. The predicted molar refractivity (Wildman–Crippen MR) is 108 cm³/mol. The number of hydrogen-bond donors (Lipinski definition) is 0. The van der Waals surface area contributed by atoms with Crippen LogP contribution in [0.2, 0.25) is 0 Å². The topological polar surface area (TPSA) is 52.6 Å². The van der Waals surface area contributed by atoms with E-state index in [1.165, 1.54) is 5.56 Å². The molecular formula is C21H29N5O. The molecule has 1 aromatic carbocycles. The molecule has 1 fully saturated rings. The van der Waals surface area contributed by atoms with Gasteiger partial charge < -0.3 is 14.7 Å². The number of anilines is 1. The lowest BCUT2D eigenvalue weighted by Gasteiger charge is -2.34. The van der Waals surface area contributed by atoms with E-state index in [4.69, 9.17) is 0 Å². The first-order valence-corrected chi connectivity index (χ1v) is 9.73. The highest BCUT2D eigenvalue weighted by Crippen LogP contribution is 2.17. The number of nitrogens with zero attached hydrogens (tertiary/aromatic N) is 5. The van der Waals surface area contributed by atoms with E-state index in [-0.39, 0.29) is 11.9 Å². The summed E-state index contributed by atoms with van der Waals surface area (Å²) in [6.45, 7) is 11.5. The monoisotopic (exact) mass is 367 g/mol. The zero-order chi connectivity index (χ0) is 19.2. The minimum absolute atomic E-state index is 0.00202. The second kappa shape index (κ2) is 8.95. The second-order valence-electron chi connectivity index (χ2n) is 7.18. The fraction of sp³-hybridized carbons (Fsp3) is 0.476. The van der Waals surface area contributed by atoms with Crippen LogP contribution in [-0.4, -0.2) is 64.4 Å². The lowest BCUT2D eigenvalue weighted by atomic mass is 10.2. The molecule has 0 spiro atoms. The van der Waals surface area contributed by atoms with Crippen molar-refractivity contribution < 1.29 is 4.79 Å². The molecule has 1 aliphatic heterocycles. The smallest absolute Gasteiger partial charge is 0.272 e. The van der Waals surface area contributed by atoms with E-state index >= 15 is 0 Å². The SMILES string of the molecule is CCN1CCN(C(=O)c2ccnc(N(Cc3ccccc3)C(C)C)n2)CC1. The fourth-order valence-corrected chi connectivity index (χ4v) is 3.30. The van der Waals surface area contributed by atoms with Gasteiger partial charge in [-0.3, -0.25) is 4.79 Å². The summed E-state index contributed by atoms with van der Waals surface area (Å²) in [5.41, 5.74) is 1.67. The highest BCUT2D eigenvalue weighted by molar-refractivity contribution is 5.92. The van der Waals surface area contributed by atoms with Crippen LogP contribution in [0.3, 0.4) is 0 Å². The van der Waals surface area contributed by atoms with Gasteiger partial charge in [-0.25, -0.2) is 9.97 Å². The number of benzene rings is 1. The standard InChI is InChI=1S/C21H29N5O/c1-4-24-12-14-25(15-13-24)20(27)19-10-11-22-21(23-19)26(17(2)3)16-18-8-6-5-7-9-18/h5-11,17H,4,12-16H2,1-3H3. The van der Waals surface area contributed by atoms with Gasteiger partial charge in [0.25, 0.3) is 5.91 Å². The molecule has 0 N–H and O–H groups in total. The quantitative estimate of drug-likeness (QED) is 0.786. The number of amides is 1. The van der Waals surface area contributed by atoms with Gasteiger partial charge in [0.1, 0.15) is 5.69 Å². The third kappa shape index (κ3) is 4.83. The first-order chi connectivity index (χ1) is 13.1. The minimum Gasteiger partial charge on any atom is -0.335 e. The molecule has 0 saturated carbocycles. The summed E-state index contributed by atoms with van der Waals surface area (Å²) in [7, 11) is 0. The van der Waals surface area contributed by atoms with Gasteiger partial charge in [-0.1, -0.05) is 37.3 Å². The van der Waals surface area contributed by atoms with E-state index in [0.29, 0.717) is 18.2 Å². The second-order valence-corrected chi connectivity index (χ2v) is 7.18. The number of carbonyl (C=O) groups excluding carboxylic acids is 1. The molecular weight excluding hydrogens is 338 g/mol. The van der Waals surface area contributed by atoms with Crippen molar-refractivity contribution in [3.8, 4) is 0 Å². The Kier molecular flexibility index (Phi) is 6.40. The normalized spacial score (nSPS) is 15.2. The zero-order valence-corrected chi connectivity index (χ0v) is 16.5. The third-order valence-electron chi connectivity index (χ3n) is 5.04. The van der Waals surface area contributed by atoms with Gasteiger partial charge in [-0.15, -0.1) is 0 Å². The summed E-state index contributed by atoms with van der Waals surface area (Å²) >= 11 is 0. The molecule has 144 valence electrons. The van der Waals surface area contributed by atoms with Crippen LogP contribution in [0.15, 0.2) is 42.6 Å². The Morgan fingerprint density at radius 2 is 1.81 bits per heavy atom. The average molecular weight is 367 g/mol. The Bertz CT molecular complexity index is 741. The van der Waals surface area contributed by atoms with Crippen molar-refractivity contribution in [3.05, 3.63) is 53.9 Å². The van der Waals surface area contributed by atoms with Crippen LogP contribution in [0, 0.1) is 0 Å². The van der Waals surface area contributed by atoms with E-state index in [2.05, 4.69) is 52.7 Å². The first-order valence-electron chi connectivity index (χ1n) is 9.73. The van der Waals surface area contributed by atoms with Gasteiger partial charge in [-0.05, 0) is 32.0 Å². The third-order valence-corrected chi connectivity index (χ3v) is 5.04. The van der Waals surface area contributed by atoms with Crippen LogP contribution >= 0.6 is 0 Å². The summed E-state index contributed by atoms with van der Waals surface area (Å²) < 4.78 is 0. The number of hydrogen-bond acceptors (Lipinski definition) is 5. The molecule has 27 heavy (non-hydrogen) atoms. The van der Waals surface area contributed by atoms with Crippen LogP contribution in [0.1, 0.15) is 36.8 Å². The molecule has 2 heterocycles. The van der Waals surface area contributed by atoms with E-state index in [1.54, 1.807) is 12.3 Å². The molecule has 6 nitrogen and oxygen atoms in total. The lowest BCUT2D eigenvalue weighted by molar-refractivity contribution is 0.0637. The van der Waals surface area contributed by atoms with E-state index < -0.39 is 0 Å². The summed E-state index contributed by atoms with van der Waals surface area (Å²) in [4.78, 5) is 28.3. The van der Waals surface area contributed by atoms with Crippen LogP contribution in [0.5, 0.6) is 0 Å². The number of carbonyl (C=O) groups is 1. The van der Waals surface area contributed by atoms with E-state index in [1.807, 2.05) is 23.1 Å². The molecule has 0 radical (unpaired) electrons. The molecule has 1 amide bonds. The molecule has 1 aromatic heterocycles. The van der Waals surface area contributed by atoms with E-state index in [9.17, 15) is 4.79 Å².